The first-order valence-electron chi connectivity index (χ1n) is 4.35. The van der Waals surface area contributed by atoms with Gasteiger partial charge in [-0.15, -0.1) is 0 Å². The zero-order chi connectivity index (χ0) is 10.6. The van der Waals surface area contributed by atoms with Crippen molar-refractivity contribution < 1.29 is 13.9 Å². The molecule has 0 aromatic heterocycles. The molecule has 0 aliphatic heterocycles. The van der Waals surface area contributed by atoms with Gasteiger partial charge in [0.05, 0.1) is 6.10 Å². The van der Waals surface area contributed by atoms with Crippen molar-refractivity contribution >= 4 is 11.8 Å². The first-order chi connectivity index (χ1) is 6.63. The van der Waals surface area contributed by atoms with Crippen LogP contribution in [0.5, 0.6) is 0 Å². The summed E-state index contributed by atoms with van der Waals surface area (Å²) in [5.41, 5.74) is 0.295. The van der Waals surface area contributed by atoms with E-state index in [4.69, 9.17) is 0 Å². The maximum absolute atomic E-state index is 12.8. The standard InChI is InChI=1S/C10H12F2OS/c1-2-14-6-10(13)7-3-8(11)5-9(12)4-7/h3-5,10,13H,2,6H2,1H3. The van der Waals surface area contributed by atoms with Crippen molar-refractivity contribution in [2.45, 2.75) is 13.0 Å². The summed E-state index contributed by atoms with van der Waals surface area (Å²) in [7, 11) is 0. The molecule has 0 radical (unpaired) electrons. The summed E-state index contributed by atoms with van der Waals surface area (Å²) in [6.45, 7) is 1.96. The van der Waals surface area contributed by atoms with E-state index in [9.17, 15) is 13.9 Å². The highest BCUT2D eigenvalue weighted by molar-refractivity contribution is 7.99. The Morgan fingerprint density at radius 3 is 2.36 bits per heavy atom. The number of rotatable bonds is 4. The summed E-state index contributed by atoms with van der Waals surface area (Å²) < 4.78 is 25.5. The van der Waals surface area contributed by atoms with E-state index in [1.807, 2.05) is 6.92 Å². The van der Waals surface area contributed by atoms with Gasteiger partial charge in [0.2, 0.25) is 0 Å². The van der Waals surface area contributed by atoms with Gasteiger partial charge in [0.15, 0.2) is 0 Å². The molecule has 1 nitrogen and oxygen atoms in total. The van der Waals surface area contributed by atoms with E-state index < -0.39 is 17.7 Å². The fourth-order valence-electron chi connectivity index (χ4n) is 1.09. The fraction of sp³-hybridized carbons (Fsp3) is 0.400. The monoisotopic (exact) mass is 218 g/mol. The lowest BCUT2D eigenvalue weighted by Crippen LogP contribution is -2.02. The van der Waals surface area contributed by atoms with Gasteiger partial charge in [-0.25, -0.2) is 8.78 Å². The van der Waals surface area contributed by atoms with Gasteiger partial charge >= 0.3 is 0 Å². The second kappa shape index (κ2) is 5.32. The Bertz CT molecular complexity index is 284. The topological polar surface area (TPSA) is 20.2 Å². The van der Waals surface area contributed by atoms with Gasteiger partial charge in [0.1, 0.15) is 11.6 Å². The molecule has 0 saturated carbocycles. The second-order valence-electron chi connectivity index (χ2n) is 2.88. The Labute approximate surface area is 86.1 Å². The van der Waals surface area contributed by atoms with Crippen LogP contribution in [-0.2, 0) is 0 Å². The van der Waals surface area contributed by atoms with Crippen molar-refractivity contribution in [2.24, 2.45) is 0 Å². The average molecular weight is 218 g/mol. The highest BCUT2D eigenvalue weighted by Gasteiger charge is 2.09. The third-order valence-electron chi connectivity index (χ3n) is 1.75. The van der Waals surface area contributed by atoms with E-state index in [1.54, 1.807) is 0 Å². The quantitative estimate of drug-likeness (QED) is 0.838. The number of hydrogen-bond acceptors (Lipinski definition) is 2. The molecular formula is C10H12F2OS. The van der Waals surface area contributed by atoms with Crippen molar-refractivity contribution in [3.05, 3.63) is 35.4 Å². The lowest BCUT2D eigenvalue weighted by molar-refractivity contribution is 0.203. The molecule has 0 heterocycles. The van der Waals surface area contributed by atoms with Crippen LogP contribution in [0.1, 0.15) is 18.6 Å². The van der Waals surface area contributed by atoms with Crippen LogP contribution in [0.3, 0.4) is 0 Å². The second-order valence-corrected chi connectivity index (χ2v) is 4.20. The largest absolute Gasteiger partial charge is 0.388 e. The maximum atomic E-state index is 12.8. The van der Waals surface area contributed by atoms with E-state index in [1.165, 1.54) is 11.8 Å². The molecule has 0 aliphatic carbocycles. The van der Waals surface area contributed by atoms with E-state index in [0.29, 0.717) is 11.3 Å². The SMILES string of the molecule is CCSCC(O)c1cc(F)cc(F)c1. The first-order valence-corrected chi connectivity index (χ1v) is 5.50. The number of benzene rings is 1. The molecule has 0 amide bonds. The Morgan fingerprint density at radius 1 is 1.29 bits per heavy atom. The number of aliphatic hydroxyl groups excluding tert-OH is 1. The summed E-state index contributed by atoms with van der Waals surface area (Å²) in [4.78, 5) is 0. The number of halogens is 2. The summed E-state index contributed by atoms with van der Waals surface area (Å²) in [5.74, 6) is 0.0231. The average Bonchev–Trinajstić information content (AvgIpc) is 2.12. The molecule has 1 rings (SSSR count). The van der Waals surface area contributed by atoms with Crippen LogP contribution in [0.4, 0.5) is 8.78 Å². The van der Waals surface area contributed by atoms with E-state index in [2.05, 4.69) is 0 Å². The van der Waals surface area contributed by atoms with E-state index >= 15 is 0 Å². The summed E-state index contributed by atoms with van der Waals surface area (Å²) in [6.07, 6.45) is -0.801. The molecular weight excluding hydrogens is 206 g/mol. The van der Waals surface area contributed by atoms with Crippen molar-refractivity contribution in [3.8, 4) is 0 Å². The highest BCUT2D eigenvalue weighted by Crippen LogP contribution is 2.20. The molecule has 78 valence electrons. The summed E-state index contributed by atoms with van der Waals surface area (Å²) in [5, 5.41) is 9.55. The molecule has 0 spiro atoms. The minimum atomic E-state index is -0.801. The summed E-state index contributed by atoms with van der Waals surface area (Å²) >= 11 is 1.53. The third kappa shape index (κ3) is 3.27. The van der Waals surface area contributed by atoms with Crippen LogP contribution in [0.15, 0.2) is 18.2 Å². The molecule has 0 saturated heterocycles. The molecule has 0 aliphatic rings. The van der Waals surface area contributed by atoms with Crippen LogP contribution >= 0.6 is 11.8 Å². The third-order valence-corrected chi connectivity index (χ3v) is 2.71. The lowest BCUT2D eigenvalue weighted by Gasteiger charge is -2.09. The van der Waals surface area contributed by atoms with Gasteiger partial charge in [0.25, 0.3) is 0 Å². The number of hydrogen-bond donors (Lipinski definition) is 1. The minimum absolute atomic E-state index is 0.295. The normalized spacial score (nSPS) is 12.9. The first kappa shape index (κ1) is 11.5. The number of aliphatic hydroxyl groups is 1. The van der Waals surface area contributed by atoms with Gasteiger partial charge in [-0.1, -0.05) is 6.92 Å². The van der Waals surface area contributed by atoms with Gasteiger partial charge in [-0.2, -0.15) is 11.8 Å². The van der Waals surface area contributed by atoms with E-state index in [-0.39, 0.29) is 0 Å². The molecule has 1 aromatic rings. The molecule has 1 N–H and O–H groups in total. The lowest BCUT2D eigenvalue weighted by atomic mass is 10.1. The van der Waals surface area contributed by atoms with Crippen molar-refractivity contribution in [3.63, 3.8) is 0 Å². The fourth-order valence-corrected chi connectivity index (χ4v) is 1.74. The van der Waals surface area contributed by atoms with Crippen LogP contribution in [0.2, 0.25) is 0 Å². The van der Waals surface area contributed by atoms with E-state index in [0.717, 1.165) is 24.0 Å². The summed E-state index contributed by atoms with van der Waals surface area (Å²) in [6, 6.07) is 3.11. The molecule has 1 aromatic carbocycles. The minimum Gasteiger partial charge on any atom is -0.388 e. The van der Waals surface area contributed by atoms with Crippen molar-refractivity contribution in [1.29, 1.82) is 0 Å². The predicted molar refractivity (Wildman–Crippen MR) is 54.3 cm³/mol. The number of thioether (sulfide) groups is 1. The Hall–Kier alpha value is -0.610. The van der Waals surface area contributed by atoms with Gasteiger partial charge < -0.3 is 5.11 Å². The highest BCUT2D eigenvalue weighted by atomic mass is 32.2. The van der Waals surface area contributed by atoms with Crippen LogP contribution in [-0.4, -0.2) is 16.6 Å². The predicted octanol–water partition coefficient (Wildman–Crippen LogP) is 2.75. The zero-order valence-electron chi connectivity index (χ0n) is 7.84. The Kier molecular flexibility index (Phi) is 4.35. The molecule has 1 unspecified atom stereocenters. The molecule has 0 fully saturated rings. The van der Waals surface area contributed by atoms with Crippen molar-refractivity contribution in [2.75, 3.05) is 11.5 Å². The van der Waals surface area contributed by atoms with Crippen molar-refractivity contribution in [1.82, 2.24) is 0 Å². The van der Waals surface area contributed by atoms with Crippen LogP contribution in [0, 0.1) is 11.6 Å². The van der Waals surface area contributed by atoms with Gasteiger partial charge in [0, 0.05) is 11.8 Å². The zero-order valence-corrected chi connectivity index (χ0v) is 8.65. The molecule has 0 bridgehead atoms. The Balaban J connectivity index is 2.73. The molecule has 1 atom stereocenters. The molecule has 4 heteroatoms. The van der Waals surface area contributed by atoms with Gasteiger partial charge in [-0.3, -0.25) is 0 Å². The van der Waals surface area contributed by atoms with Gasteiger partial charge in [-0.05, 0) is 23.4 Å². The van der Waals surface area contributed by atoms with Crippen LogP contribution < -0.4 is 0 Å². The van der Waals surface area contributed by atoms with Crippen LogP contribution in [0.25, 0.3) is 0 Å². The smallest absolute Gasteiger partial charge is 0.126 e. The molecule has 14 heavy (non-hydrogen) atoms. The maximum Gasteiger partial charge on any atom is 0.126 e. The Morgan fingerprint density at radius 2 is 1.86 bits per heavy atom.